The van der Waals surface area contributed by atoms with E-state index in [1.165, 1.54) is 6.08 Å². The molecule has 0 aliphatic heterocycles. The van der Waals surface area contributed by atoms with Gasteiger partial charge in [0.25, 0.3) is 0 Å². The highest BCUT2D eigenvalue weighted by molar-refractivity contribution is 5.88. The molecular formula is C11H16O. The maximum Gasteiger partial charge on any atom is 0.155 e. The van der Waals surface area contributed by atoms with Crippen molar-refractivity contribution in [3.8, 4) is 0 Å². The summed E-state index contributed by atoms with van der Waals surface area (Å²) >= 11 is 0. The van der Waals surface area contributed by atoms with Gasteiger partial charge in [-0.15, -0.1) is 0 Å². The molecular weight excluding hydrogens is 148 g/mol. The van der Waals surface area contributed by atoms with Gasteiger partial charge < -0.3 is 0 Å². The van der Waals surface area contributed by atoms with Crippen LogP contribution in [-0.2, 0) is 4.79 Å². The van der Waals surface area contributed by atoms with Gasteiger partial charge in [-0.05, 0) is 25.8 Å². The Kier molecular flexibility index (Phi) is 5.02. The molecule has 66 valence electrons. The first-order valence-electron chi connectivity index (χ1n) is 4.07. The summed E-state index contributed by atoms with van der Waals surface area (Å²) in [6.45, 7) is 12.9. The first-order valence-corrected chi connectivity index (χ1v) is 4.07. The largest absolute Gasteiger partial charge is 0.295 e. The molecule has 0 aromatic heterocycles. The first kappa shape index (κ1) is 10.9. The van der Waals surface area contributed by atoms with Crippen LogP contribution < -0.4 is 0 Å². The van der Waals surface area contributed by atoms with E-state index in [-0.39, 0.29) is 5.78 Å². The van der Waals surface area contributed by atoms with E-state index >= 15 is 0 Å². The highest BCUT2D eigenvalue weighted by atomic mass is 16.1. The third kappa shape index (κ3) is 4.67. The number of rotatable bonds is 6. The number of carbonyl (C=O) groups excluding carboxylic acids is 1. The monoisotopic (exact) mass is 164 g/mol. The molecule has 0 aromatic rings. The molecule has 0 radical (unpaired) electrons. The second-order valence-electron chi connectivity index (χ2n) is 2.91. The van der Waals surface area contributed by atoms with Crippen molar-refractivity contribution in [2.24, 2.45) is 0 Å². The van der Waals surface area contributed by atoms with Gasteiger partial charge in [0.2, 0.25) is 0 Å². The third-order valence-corrected chi connectivity index (χ3v) is 1.73. The minimum Gasteiger partial charge on any atom is -0.295 e. The molecule has 0 spiro atoms. The van der Waals surface area contributed by atoms with Crippen molar-refractivity contribution >= 4 is 5.78 Å². The maximum atomic E-state index is 10.8. The zero-order valence-corrected chi connectivity index (χ0v) is 7.73. The summed E-state index contributed by atoms with van der Waals surface area (Å²) in [7, 11) is 0. The van der Waals surface area contributed by atoms with Gasteiger partial charge in [-0.1, -0.05) is 30.9 Å². The zero-order chi connectivity index (χ0) is 9.56. The molecule has 0 atom stereocenters. The Hall–Kier alpha value is -1.11. The van der Waals surface area contributed by atoms with Crippen molar-refractivity contribution in [1.29, 1.82) is 0 Å². The smallest absolute Gasteiger partial charge is 0.155 e. The summed E-state index contributed by atoms with van der Waals surface area (Å²) in [5, 5.41) is 0. The highest BCUT2D eigenvalue weighted by Crippen LogP contribution is 2.12. The lowest BCUT2D eigenvalue weighted by Gasteiger charge is -2.02. The first-order chi connectivity index (χ1) is 5.57. The summed E-state index contributed by atoms with van der Waals surface area (Å²) in [4.78, 5) is 10.8. The van der Waals surface area contributed by atoms with E-state index in [4.69, 9.17) is 0 Å². The Balaban J connectivity index is 3.57. The van der Waals surface area contributed by atoms with Gasteiger partial charge in [0.05, 0.1) is 0 Å². The molecule has 0 heterocycles. The summed E-state index contributed by atoms with van der Waals surface area (Å²) < 4.78 is 0. The Morgan fingerprint density at radius 2 is 1.92 bits per heavy atom. The molecule has 12 heavy (non-hydrogen) atoms. The van der Waals surface area contributed by atoms with Gasteiger partial charge in [-0.3, -0.25) is 4.79 Å². The van der Waals surface area contributed by atoms with Crippen molar-refractivity contribution < 1.29 is 4.79 Å². The Morgan fingerprint density at radius 1 is 1.33 bits per heavy atom. The molecule has 0 amide bonds. The van der Waals surface area contributed by atoms with Crippen LogP contribution in [0.5, 0.6) is 0 Å². The van der Waals surface area contributed by atoms with Crippen molar-refractivity contribution in [2.75, 3.05) is 0 Å². The van der Waals surface area contributed by atoms with E-state index in [2.05, 4.69) is 19.7 Å². The van der Waals surface area contributed by atoms with Gasteiger partial charge in [0.1, 0.15) is 0 Å². The average molecular weight is 164 g/mol. The summed E-state index contributed by atoms with van der Waals surface area (Å²) in [6.07, 6.45) is 3.63. The summed E-state index contributed by atoms with van der Waals surface area (Å²) in [5.41, 5.74) is 2.04. The van der Waals surface area contributed by atoms with Crippen LogP contribution in [0.2, 0.25) is 0 Å². The Morgan fingerprint density at radius 3 is 2.33 bits per heavy atom. The van der Waals surface area contributed by atoms with Crippen LogP contribution in [0.15, 0.2) is 37.0 Å². The lowest BCUT2D eigenvalue weighted by Crippen LogP contribution is -1.92. The van der Waals surface area contributed by atoms with Gasteiger partial charge in [0, 0.05) is 6.42 Å². The molecule has 0 saturated carbocycles. The summed E-state index contributed by atoms with van der Waals surface area (Å²) in [5.74, 6) is 0.101. The van der Waals surface area contributed by atoms with E-state index in [0.717, 1.165) is 24.0 Å². The van der Waals surface area contributed by atoms with Gasteiger partial charge in [-0.25, -0.2) is 0 Å². The van der Waals surface area contributed by atoms with Crippen molar-refractivity contribution in [3.05, 3.63) is 37.0 Å². The number of ketones is 1. The lowest BCUT2D eigenvalue weighted by molar-refractivity contribution is -0.114. The van der Waals surface area contributed by atoms with Crippen LogP contribution >= 0.6 is 0 Å². The van der Waals surface area contributed by atoms with E-state index in [0.29, 0.717) is 6.42 Å². The molecule has 0 fully saturated rings. The number of carbonyl (C=O) groups is 1. The number of hydrogen-bond acceptors (Lipinski definition) is 1. The van der Waals surface area contributed by atoms with Crippen molar-refractivity contribution in [1.82, 2.24) is 0 Å². The average Bonchev–Trinajstić information content (AvgIpc) is 2.03. The predicted molar refractivity (Wildman–Crippen MR) is 53.0 cm³/mol. The number of hydrogen-bond donors (Lipinski definition) is 0. The van der Waals surface area contributed by atoms with E-state index < -0.39 is 0 Å². The van der Waals surface area contributed by atoms with Gasteiger partial charge >= 0.3 is 0 Å². The fraction of sp³-hybridized carbons (Fsp3) is 0.364. The van der Waals surface area contributed by atoms with Crippen molar-refractivity contribution in [3.63, 3.8) is 0 Å². The van der Waals surface area contributed by atoms with Crippen LogP contribution in [0.4, 0.5) is 0 Å². The Labute approximate surface area is 74.5 Å². The second kappa shape index (κ2) is 5.53. The molecule has 1 nitrogen and oxygen atoms in total. The quantitative estimate of drug-likeness (QED) is 0.435. The molecule has 0 N–H and O–H groups in total. The molecule has 0 saturated heterocycles. The topological polar surface area (TPSA) is 17.1 Å². The van der Waals surface area contributed by atoms with E-state index in [1.807, 2.05) is 6.92 Å². The minimum absolute atomic E-state index is 0.101. The number of allylic oxidation sites excluding steroid dienone is 3. The zero-order valence-electron chi connectivity index (χ0n) is 7.73. The molecule has 1 heteroatoms. The standard InChI is InChI=1S/C11H16O/c1-5-11(12)8-6-7-10(4)9(2)3/h5H,1-2,4,6-8H2,3H3. The molecule has 0 aromatic carbocycles. The Bertz CT molecular complexity index is 211. The fourth-order valence-corrected chi connectivity index (χ4v) is 0.791. The van der Waals surface area contributed by atoms with Crippen LogP contribution in [0.25, 0.3) is 0 Å². The van der Waals surface area contributed by atoms with Gasteiger partial charge in [-0.2, -0.15) is 0 Å². The molecule has 0 bridgehead atoms. The third-order valence-electron chi connectivity index (χ3n) is 1.73. The van der Waals surface area contributed by atoms with E-state index in [9.17, 15) is 4.79 Å². The van der Waals surface area contributed by atoms with Crippen molar-refractivity contribution in [2.45, 2.75) is 26.2 Å². The van der Waals surface area contributed by atoms with Crippen LogP contribution in [0.3, 0.4) is 0 Å². The summed E-state index contributed by atoms with van der Waals surface area (Å²) in [6, 6.07) is 0. The van der Waals surface area contributed by atoms with Crippen LogP contribution in [-0.4, -0.2) is 5.78 Å². The van der Waals surface area contributed by atoms with Crippen LogP contribution in [0.1, 0.15) is 26.2 Å². The highest BCUT2D eigenvalue weighted by Gasteiger charge is 1.98. The fourth-order valence-electron chi connectivity index (χ4n) is 0.791. The van der Waals surface area contributed by atoms with E-state index in [1.54, 1.807) is 0 Å². The molecule has 0 rings (SSSR count). The molecule has 0 unspecified atom stereocenters. The minimum atomic E-state index is 0.101. The lowest BCUT2D eigenvalue weighted by atomic mass is 10.0. The molecule has 0 aliphatic carbocycles. The predicted octanol–water partition coefficient (Wildman–Crippen LogP) is 3.04. The normalized spacial score (nSPS) is 9.08. The molecule has 0 aliphatic rings. The maximum absolute atomic E-state index is 10.8. The SMILES string of the molecule is C=CC(=O)CCCC(=C)C(=C)C. The second-order valence-corrected chi connectivity index (χ2v) is 2.91. The van der Waals surface area contributed by atoms with Crippen LogP contribution in [0, 0.1) is 0 Å². The van der Waals surface area contributed by atoms with Gasteiger partial charge in [0.15, 0.2) is 5.78 Å².